The number of anilines is 1. The molecule has 0 aromatic heterocycles. The number of hydrogen-bond donors (Lipinski definition) is 1. The largest absolute Gasteiger partial charge is 0.398 e. The third-order valence-corrected chi connectivity index (χ3v) is 6.45. The average Bonchev–Trinajstić information content (AvgIpc) is 2.71. The zero-order chi connectivity index (χ0) is 18.9. The molecule has 0 spiro atoms. The van der Waals surface area contributed by atoms with Gasteiger partial charge in [-0.25, -0.2) is 0 Å². The maximum atomic E-state index is 6.12. The lowest BCUT2D eigenvalue weighted by Gasteiger charge is -2.31. The van der Waals surface area contributed by atoms with Crippen molar-refractivity contribution in [2.75, 3.05) is 5.73 Å². The van der Waals surface area contributed by atoms with Gasteiger partial charge in [0, 0.05) is 5.69 Å². The molecule has 1 unspecified atom stereocenters. The van der Waals surface area contributed by atoms with Gasteiger partial charge in [0.05, 0.1) is 0 Å². The summed E-state index contributed by atoms with van der Waals surface area (Å²) in [5.41, 5.74) is 11.2. The second kappa shape index (κ2) is 10.5. The number of hydrogen-bond acceptors (Lipinski definition) is 1. The fourth-order valence-corrected chi connectivity index (χ4v) is 4.80. The average molecular weight is 364 g/mol. The molecule has 1 fully saturated rings. The Kier molecular flexibility index (Phi) is 7.80. The maximum Gasteiger partial charge on any atom is 0.0349 e. The monoisotopic (exact) mass is 363 g/mol. The highest BCUT2D eigenvalue weighted by molar-refractivity contribution is 5.48. The summed E-state index contributed by atoms with van der Waals surface area (Å²) in [5.74, 6) is 1.66. The zero-order valence-corrected chi connectivity index (χ0v) is 17.1. The van der Waals surface area contributed by atoms with Crippen molar-refractivity contribution < 1.29 is 0 Å². The van der Waals surface area contributed by atoms with Crippen molar-refractivity contribution in [1.29, 1.82) is 0 Å². The number of nitrogens with two attached hydrogens (primary N) is 1. The first kappa shape index (κ1) is 20.0. The second-order valence-electron chi connectivity index (χ2n) is 8.47. The molecule has 0 radical (unpaired) electrons. The highest BCUT2D eigenvalue weighted by atomic mass is 14.6. The Hall–Kier alpha value is -1.76. The normalized spacial score (nSPS) is 16.3. The van der Waals surface area contributed by atoms with Crippen LogP contribution in [0.25, 0.3) is 0 Å². The lowest BCUT2D eigenvalue weighted by molar-refractivity contribution is 0.289. The van der Waals surface area contributed by atoms with Gasteiger partial charge in [-0.2, -0.15) is 0 Å². The van der Waals surface area contributed by atoms with E-state index in [1.165, 1.54) is 75.3 Å². The van der Waals surface area contributed by atoms with E-state index in [0.29, 0.717) is 0 Å². The van der Waals surface area contributed by atoms with Crippen LogP contribution in [0.1, 0.15) is 93.7 Å². The summed E-state index contributed by atoms with van der Waals surface area (Å²) >= 11 is 0. The molecular formula is C26H37N. The van der Waals surface area contributed by atoms with Crippen LogP contribution in [0.4, 0.5) is 5.69 Å². The number of unbranched alkanes of at least 4 members (excludes halogenated alkanes) is 3. The van der Waals surface area contributed by atoms with Crippen molar-refractivity contribution in [2.45, 2.75) is 83.5 Å². The van der Waals surface area contributed by atoms with Gasteiger partial charge in [0.25, 0.3) is 0 Å². The Morgan fingerprint density at radius 3 is 2.33 bits per heavy atom. The number of rotatable bonds is 9. The van der Waals surface area contributed by atoms with Gasteiger partial charge in [-0.05, 0) is 60.3 Å². The third-order valence-electron chi connectivity index (χ3n) is 6.45. The summed E-state index contributed by atoms with van der Waals surface area (Å²) in [5, 5.41) is 0. The van der Waals surface area contributed by atoms with Crippen molar-refractivity contribution in [3.05, 3.63) is 65.2 Å². The van der Waals surface area contributed by atoms with Crippen molar-refractivity contribution in [1.82, 2.24) is 0 Å². The van der Waals surface area contributed by atoms with Crippen LogP contribution in [-0.4, -0.2) is 0 Å². The molecule has 1 aliphatic carbocycles. The van der Waals surface area contributed by atoms with E-state index in [9.17, 15) is 0 Å². The molecule has 1 atom stereocenters. The van der Waals surface area contributed by atoms with E-state index < -0.39 is 0 Å². The molecule has 0 heterocycles. The maximum absolute atomic E-state index is 6.12. The van der Waals surface area contributed by atoms with Crippen LogP contribution in [0.5, 0.6) is 0 Å². The summed E-state index contributed by atoms with van der Waals surface area (Å²) in [6.07, 6.45) is 15.0. The minimum Gasteiger partial charge on any atom is -0.398 e. The number of para-hydroxylation sites is 1. The van der Waals surface area contributed by atoms with Gasteiger partial charge in [0.2, 0.25) is 0 Å². The Labute approximate surface area is 166 Å². The molecule has 2 N–H and O–H groups in total. The summed E-state index contributed by atoms with van der Waals surface area (Å²) < 4.78 is 0. The van der Waals surface area contributed by atoms with Crippen molar-refractivity contribution in [3.63, 3.8) is 0 Å². The van der Waals surface area contributed by atoms with Gasteiger partial charge in [0.15, 0.2) is 0 Å². The number of nitrogen functional groups attached to an aromatic ring is 1. The fourth-order valence-electron chi connectivity index (χ4n) is 4.80. The molecule has 1 aliphatic rings. The highest BCUT2D eigenvalue weighted by Crippen LogP contribution is 2.39. The molecule has 3 rings (SSSR count). The minimum absolute atomic E-state index is 0.762. The first-order valence-electron chi connectivity index (χ1n) is 11.2. The lowest BCUT2D eigenvalue weighted by atomic mass is 9.74. The van der Waals surface area contributed by atoms with E-state index in [4.69, 9.17) is 5.73 Å². The van der Waals surface area contributed by atoms with Crippen LogP contribution < -0.4 is 5.73 Å². The van der Waals surface area contributed by atoms with E-state index >= 15 is 0 Å². The van der Waals surface area contributed by atoms with Gasteiger partial charge in [0.1, 0.15) is 0 Å². The number of benzene rings is 2. The molecule has 1 saturated carbocycles. The standard InChI is InChI=1S/C26H37N/c1-2-3-4-8-14-25(22-11-6-5-7-12-22)23-18-16-21(17-19-23)20-24-13-9-10-15-26(24)27/h9-10,13,15-19,22,25H,2-8,11-12,14,20,27H2,1H3. The predicted molar refractivity (Wildman–Crippen MR) is 118 cm³/mol. The molecule has 0 bridgehead atoms. The Balaban J connectivity index is 1.68. The molecule has 2 aromatic carbocycles. The SMILES string of the molecule is CCCCCCC(c1ccc(Cc2ccccc2N)cc1)C1CCCCC1. The van der Waals surface area contributed by atoms with E-state index in [-0.39, 0.29) is 0 Å². The molecule has 1 nitrogen and oxygen atoms in total. The fraction of sp³-hybridized carbons (Fsp3) is 0.538. The van der Waals surface area contributed by atoms with E-state index in [1.54, 1.807) is 5.56 Å². The van der Waals surface area contributed by atoms with E-state index in [2.05, 4.69) is 43.3 Å². The van der Waals surface area contributed by atoms with Crippen molar-refractivity contribution >= 4 is 5.69 Å². The first-order chi connectivity index (χ1) is 13.3. The van der Waals surface area contributed by atoms with Gasteiger partial charge >= 0.3 is 0 Å². The summed E-state index contributed by atoms with van der Waals surface area (Å²) in [4.78, 5) is 0. The van der Waals surface area contributed by atoms with Crippen LogP contribution in [0.15, 0.2) is 48.5 Å². The summed E-state index contributed by atoms with van der Waals surface area (Å²) in [7, 11) is 0. The lowest BCUT2D eigenvalue weighted by Crippen LogP contribution is -2.16. The van der Waals surface area contributed by atoms with Crippen LogP contribution in [0, 0.1) is 5.92 Å². The van der Waals surface area contributed by atoms with Crippen LogP contribution >= 0.6 is 0 Å². The Bertz CT molecular complexity index is 667. The zero-order valence-electron chi connectivity index (χ0n) is 17.1. The summed E-state index contributed by atoms with van der Waals surface area (Å²) in [6.45, 7) is 2.30. The van der Waals surface area contributed by atoms with Crippen LogP contribution in [-0.2, 0) is 6.42 Å². The first-order valence-corrected chi connectivity index (χ1v) is 11.2. The summed E-state index contributed by atoms with van der Waals surface area (Å²) in [6, 6.07) is 17.7. The second-order valence-corrected chi connectivity index (χ2v) is 8.47. The molecule has 27 heavy (non-hydrogen) atoms. The quantitative estimate of drug-likeness (QED) is 0.362. The van der Waals surface area contributed by atoms with E-state index in [0.717, 1.165) is 23.9 Å². The van der Waals surface area contributed by atoms with Crippen LogP contribution in [0.3, 0.4) is 0 Å². The molecule has 146 valence electrons. The minimum atomic E-state index is 0.762. The smallest absolute Gasteiger partial charge is 0.0349 e. The van der Waals surface area contributed by atoms with Crippen LogP contribution in [0.2, 0.25) is 0 Å². The molecule has 1 heteroatoms. The molecular weight excluding hydrogens is 326 g/mol. The molecule has 0 aliphatic heterocycles. The van der Waals surface area contributed by atoms with Crippen molar-refractivity contribution in [3.8, 4) is 0 Å². The third kappa shape index (κ3) is 5.86. The highest BCUT2D eigenvalue weighted by Gasteiger charge is 2.24. The Morgan fingerprint density at radius 2 is 1.63 bits per heavy atom. The topological polar surface area (TPSA) is 26.0 Å². The van der Waals surface area contributed by atoms with Gasteiger partial charge in [-0.1, -0.05) is 94.3 Å². The molecule has 2 aromatic rings. The molecule has 0 saturated heterocycles. The van der Waals surface area contributed by atoms with Gasteiger partial charge in [-0.15, -0.1) is 0 Å². The van der Waals surface area contributed by atoms with E-state index in [1.807, 2.05) is 12.1 Å². The van der Waals surface area contributed by atoms with Gasteiger partial charge < -0.3 is 5.73 Å². The predicted octanol–water partition coefficient (Wildman–Crippen LogP) is 7.49. The van der Waals surface area contributed by atoms with Crippen molar-refractivity contribution in [2.24, 2.45) is 5.92 Å². The Morgan fingerprint density at radius 1 is 0.889 bits per heavy atom. The van der Waals surface area contributed by atoms with Gasteiger partial charge in [-0.3, -0.25) is 0 Å². The molecule has 0 amide bonds.